The van der Waals surface area contributed by atoms with Crippen LogP contribution in [0.15, 0.2) is 0 Å². The van der Waals surface area contributed by atoms with Crippen molar-refractivity contribution in [3.05, 3.63) is 0 Å². The Bertz CT molecular complexity index is 195. The van der Waals surface area contributed by atoms with Gasteiger partial charge >= 0.3 is 0 Å². The van der Waals surface area contributed by atoms with Crippen molar-refractivity contribution in [2.24, 2.45) is 23.2 Å². The number of hydrogen-bond donors (Lipinski definition) is 0. The van der Waals surface area contributed by atoms with E-state index in [1.54, 1.807) is 0 Å². The quantitative estimate of drug-likeness (QED) is 0.482. The van der Waals surface area contributed by atoms with Gasteiger partial charge in [0, 0.05) is 5.92 Å². The van der Waals surface area contributed by atoms with E-state index in [1.165, 1.54) is 12.8 Å². The SMILES string of the molecule is C#C[C@H]1C[C@@H](C)[C@H](C)CC1(C)C. The maximum Gasteiger partial charge on any atom is 0.0254 e. The summed E-state index contributed by atoms with van der Waals surface area (Å²) in [4.78, 5) is 0. The zero-order valence-electron chi connectivity index (χ0n) is 8.72. The summed E-state index contributed by atoms with van der Waals surface area (Å²) < 4.78 is 0. The standard InChI is InChI=1S/C12H20/c1-6-11-7-9(2)10(3)8-12(11,4)5/h1,9-11H,7-8H2,2-5H3/t9-,10-,11+/m1/s1. The molecule has 0 N–H and O–H groups in total. The summed E-state index contributed by atoms with van der Waals surface area (Å²) in [6.45, 7) is 9.28. The van der Waals surface area contributed by atoms with Crippen LogP contribution in [0.2, 0.25) is 0 Å². The average molecular weight is 164 g/mol. The van der Waals surface area contributed by atoms with Crippen molar-refractivity contribution in [1.29, 1.82) is 0 Å². The molecule has 0 heterocycles. The summed E-state index contributed by atoms with van der Waals surface area (Å²) in [5.74, 6) is 5.08. The molecule has 0 aromatic heterocycles. The van der Waals surface area contributed by atoms with Crippen LogP contribution in [0.1, 0.15) is 40.5 Å². The van der Waals surface area contributed by atoms with Gasteiger partial charge in [-0.15, -0.1) is 12.3 Å². The Morgan fingerprint density at radius 1 is 1.25 bits per heavy atom. The third-order valence-electron chi connectivity index (χ3n) is 3.57. The van der Waals surface area contributed by atoms with Crippen LogP contribution >= 0.6 is 0 Å². The van der Waals surface area contributed by atoms with Crippen molar-refractivity contribution < 1.29 is 0 Å². The lowest BCUT2D eigenvalue weighted by molar-refractivity contribution is 0.0959. The summed E-state index contributed by atoms with van der Waals surface area (Å²) in [7, 11) is 0. The zero-order chi connectivity index (χ0) is 9.35. The lowest BCUT2D eigenvalue weighted by atomic mass is 9.62. The molecule has 1 rings (SSSR count). The molecule has 0 bridgehead atoms. The Morgan fingerprint density at radius 3 is 2.33 bits per heavy atom. The van der Waals surface area contributed by atoms with E-state index in [0.29, 0.717) is 11.3 Å². The van der Waals surface area contributed by atoms with Gasteiger partial charge in [0.2, 0.25) is 0 Å². The number of terminal acetylenes is 1. The molecular weight excluding hydrogens is 144 g/mol. The number of hydrogen-bond acceptors (Lipinski definition) is 0. The second-order valence-corrected chi connectivity index (χ2v) is 5.10. The molecule has 0 unspecified atom stereocenters. The Kier molecular flexibility index (Phi) is 2.52. The lowest BCUT2D eigenvalue weighted by Crippen LogP contribution is -2.34. The minimum atomic E-state index is 0.362. The fourth-order valence-corrected chi connectivity index (χ4v) is 2.39. The van der Waals surface area contributed by atoms with Gasteiger partial charge in [0.1, 0.15) is 0 Å². The van der Waals surface area contributed by atoms with Crippen LogP contribution < -0.4 is 0 Å². The van der Waals surface area contributed by atoms with Crippen LogP contribution in [-0.4, -0.2) is 0 Å². The van der Waals surface area contributed by atoms with Crippen LogP contribution in [0.4, 0.5) is 0 Å². The summed E-state index contributed by atoms with van der Waals surface area (Å²) in [5.41, 5.74) is 0.362. The molecule has 1 saturated carbocycles. The van der Waals surface area contributed by atoms with Gasteiger partial charge < -0.3 is 0 Å². The first-order valence-electron chi connectivity index (χ1n) is 4.93. The van der Waals surface area contributed by atoms with Gasteiger partial charge in [-0.1, -0.05) is 27.7 Å². The van der Waals surface area contributed by atoms with E-state index < -0.39 is 0 Å². The Labute approximate surface area is 76.7 Å². The first-order valence-corrected chi connectivity index (χ1v) is 4.93. The highest BCUT2D eigenvalue weighted by Crippen LogP contribution is 2.45. The summed E-state index contributed by atoms with van der Waals surface area (Å²) >= 11 is 0. The summed E-state index contributed by atoms with van der Waals surface area (Å²) in [6.07, 6.45) is 8.03. The molecular formula is C12H20. The maximum absolute atomic E-state index is 5.54. The second-order valence-electron chi connectivity index (χ2n) is 5.10. The molecule has 0 saturated heterocycles. The summed E-state index contributed by atoms with van der Waals surface area (Å²) in [5, 5.41) is 0. The third kappa shape index (κ3) is 1.66. The molecule has 0 aliphatic heterocycles. The van der Waals surface area contributed by atoms with E-state index in [2.05, 4.69) is 33.6 Å². The molecule has 1 aliphatic rings. The van der Waals surface area contributed by atoms with Crippen LogP contribution in [-0.2, 0) is 0 Å². The highest BCUT2D eigenvalue weighted by Gasteiger charge is 2.37. The molecule has 3 atom stereocenters. The number of rotatable bonds is 0. The predicted molar refractivity (Wildman–Crippen MR) is 53.7 cm³/mol. The molecule has 1 aliphatic carbocycles. The van der Waals surface area contributed by atoms with Gasteiger partial charge in [0.05, 0.1) is 0 Å². The van der Waals surface area contributed by atoms with Gasteiger partial charge in [-0.05, 0) is 30.1 Å². The van der Waals surface area contributed by atoms with Gasteiger partial charge in [0.25, 0.3) is 0 Å². The molecule has 0 radical (unpaired) electrons. The molecule has 1 fully saturated rings. The van der Waals surface area contributed by atoms with Crippen molar-refractivity contribution in [1.82, 2.24) is 0 Å². The van der Waals surface area contributed by atoms with Gasteiger partial charge in [-0.3, -0.25) is 0 Å². The zero-order valence-corrected chi connectivity index (χ0v) is 8.72. The van der Waals surface area contributed by atoms with Crippen molar-refractivity contribution in [2.75, 3.05) is 0 Å². The Balaban J connectivity index is 2.74. The molecule has 0 nitrogen and oxygen atoms in total. The highest BCUT2D eigenvalue weighted by molar-refractivity contribution is 5.03. The van der Waals surface area contributed by atoms with Crippen molar-refractivity contribution >= 4 is 0 Å². The summed E-state index contributed by atoms with van der Waals surface area (Å²) in [6, 6.07) is 0. The molecule has 12 heavy (non-hydrogen) atoms. The van der Waals surface area contributed by atoms with Crippen molar-refractivity contribution in [3.63, 3.8) is 0 Å². The van der Waals surface area contributed by atoms with Crippen LogP contribution in [0.3, 0.4) is 0 Å². The van der Waals surface area contributed by atoms with E-state index in [4.69, 9.17) is 6.42 Å². The monoisotopic (exact) mass is 164 g/mol. The van der Waals surface area contributed by atoms with Gasteiger partial charge in [-0.25, -0.2) is 0 Å². The maximum atomic E-state index is 5.54. The largest absolute Gasteiger partial charge is 0.120 e. The highest BCUT2D eigenvalue weighted by atomic mass is 14.4. The first kappa shape index (κ1) is 9.65. The molecule has 0 aromatic carbocycles. The minimum absolute atomic E-state index is 0.362. The Morgan fingerprint density at radius 2 is 1.83 bits per heavy atom. The van der Waals surface area contributed by atoms with Crippen molar-refractivity contribution in [2.45, 2.75) is 40.5 Å². The first-order chi connectivity index (χ1) is 5.47. The van der Waals surface area contributed by atoms with E-state index in [1.807, 2.05) is 0 Å². The normalized spacial score (nSPS) is 40.4. The van der Waals surface area contributed by atoms with E-state index in [0.717, 1.165) is 11.8 Å². The van der Waals surface area contributed by atoms with E-state index in [9.17, 15) is 0 Å². The van der Waals surface area contributed by atoms with Gasteiger partial charge in [-0.2, -0.15) is 0 Å². The fraction of sp³-hybridized carbons (Fsp3) is 0.833. The smallest absolute Gasteiger partial charge is 0.0254 e. The van der Waals surface area contributed by atoms with Crippen LogP contribution in [0.25, 0.3) is 0 Å². The molecule has 68 valence electrons. The average Bonchev–Trinajstić information content (AvgIpc) is 1.96. The van der Waals surface area contributed by atoms with Crippen LogP contribution in [0.5, 0.6) is 0 Å². The molecule has 0 heteroatoms. The third-order valence-corrected chi connectivity index (χ3v) is 3.57. The molecule has 0 spiro atoms. The van der Waals surface area contributed by atoms with E-state index in [-0.39, 0.29) is 0 Å². The lowest BCUT2D eigenvalue weighted by Gasteiger charge is -2.42. The molecule has 0 amide bonds. The second kappa shape index (κ2) is 3.13. The van der Waals surface area contributed by atoms with Crippen LogP contribution in [0, 0.1) is 35.5 Å². The minimum Gasteiger partial charge on any atom is -0.120 e. The van der Waals surface area contributed by atoms with Crippen molar-refractivity contribution in [3.8, 4) is 12.3 Å². The topological polar surface area (TPSA) is 0 Å². The fourth-order valence-electron chi connectivity index (χ4n) is 2.39. The van der Waals surface area contributed by atoms with E-state index >= 15 is 0 Å². The molecule has 0 aromatic rings. The Hall–Kier alpha value is -0.440. The van der Waals surface area contributed by atoms with Gasteiger partial charge in [0.15, 0.2) is 0 Å². The predicted octanol–water partition coefficient (Wildman–Crippen LogP) is 3.33.